The highest BCUT2D eigenvalue weighted by atomic mass is 16.5. The number of ether oxygens (including phenoxy) is 1. The lowest BCUT2D eigenvalue weighted by Gasteiger charge is -2.22. The van der Waals surface area contributed by atoms with Crippen molar-refractivity contribution in [1.82, 2.24) is 5.32 Å². The number of hydrogen-bond acceptors (Lipinski definition) is 5. The fourth-order valence-corrected chi connectivity index (χ4v) is 9.55. The molecule has 0 spiro atoms. The van der Waals surface area contributed by atoms with Gasteiger partial charge in [-0.15, -0.1) is 0 Å². The van der Waals surface area contributed by atoms with Crippen LogP contribution in [0.25, 0.3) is 0 Å². The van der Waals surface area contributed by atoms with Crippen LogP contribution in [0.1, 0.15) is 335 Å². The van der Waals surface area contributed by atoms with E-state index in [1.54, 1.807) is 0 Å². The van der Waals surface area contributed by atoms with Crippen molar-refractivity contribution in [2.75, 3.05) is 13.2 Å². The van der Waals surface area contributed by atoms with Crippen molar-refractivity contribution in [3.05, 3.63) is 24.3 Å². The first-order valence-corrected chi connectivity index (χ1v) is 30.6. The van der Waals surface area contributed by atoms with E-state index in [0.717, 1.165) is 51.4 Å². The number of nitrogens with one attached hydrogen (secondary N) is 1. The van der Waals surface area contributed by atoms with E-state index in [4.69, 9.17) is 4.74 Å². The Kier molecular flexibility index (Phi) is 56.5. The number of rotatable bonds is 57. The third-order valence-electron chi connectivity index (χ3n) is 14.3. The summed E-state index contributed by atoms with van der Waals surface area (Å²) in [5.41, 5.74) is 0. The fourth-order valence-electron chi connectivity index (χ4n) is 9.55. The zero-order valence-corrected chi connectivity index (χ0v) is 45.9. The van der Waals surface area contributed by atoms with E-state index < -0.39 is 12.1 Å². The number of carbonyl (C=O) groups is 2. The predicted molar refractivity (Wildman–Crippen MR) is 296 cm³/mol. The molecule has 0 aliphatic carbocycles. The first-order valence-electron chi connectivity index (χ1n) is 30.6. The van der Waals surface area contributed by atoms with Gasteiger partial charge in [-0.25, -0.2) is 0 Å². The minimum atomic E-state index is -0.662. The van der Waals surface area contributed by atoms with Gasteiger partial charge in [0.05, 0.1) is 25.4 Å². The lowest BCUT2D eigenvalue weighted by molar-refractivity contribution is -0.143. The van der Waals surface area contributed by atoms with E-state index in [0.29, 0.717) is 25.9 Å². The van der Waals surface area contributed by atoms with Gasteiger partial charge >= 0.3 is 5.97 Å². The molecular formula is C62H119NO5. The van der Waals surface area contributed by atoms with Crippen molar-refractivity contribution in [3.63, 3.8) is 0 Å². The standard InChI is InChI=1S/C62H119NO5/c1-3-5-7-9-11-13-15-17-28-32-36-40-44-48-52-56-62(67)68-57-53-49-45-41-37-33-30-27-25-23-21-19-18-20-22-24-26-29-31-35-39-43-47-51-55-61(66)63-59(58-64)60(65)54-50-46-42-38-34-16-14-12-10-8-6-4-2/h11,13,17,28,59-60,64-65H,3-10,12,14-16,18-27,29-58H2,1-2H3,(H,63,66)/b13-11-,28-17-. The summed E-state index contributed by atoms with van der Waals surface area (Å²) in [5, 5.41) is 23.2. The summed E-state index contributed by atoms with van der Waals surface area (Å²) in [5.74, 6) is -0.0317. The van der Waals surface area contributed by atoms with Crippen molar-refractivity contribution in [2.24, 2.45) is 0 Å². The summed E-state index contributed by atoms with van der Waals surface area (Å²) < 4.78 is 5.48. The molecule has 0 aliphatic heterocycles. The van der Waals surface area contributed by atoms with E-state index >= 15 is 0 Å². The van der Waals surface area contributed by atoms with Crippen LogP contribution in [0.15, 0.2) is 24.3 Å². The Hall–Kier alpha value is -1.66. The molecule has 6 heteroatoms. The first kappa shape index (κ1) is 66.3. The molecule has 2 atom stereocenters. The Morgan fingerprint density at radius 1 is 0.412 bits per heavy atom. The second-order valence-corrected chi connectivity index (χ2v) is 21.0. The van der Waals surface area contributed by atoms with Crippen LogP contribution in [0.2, 0.25) is 0 Å². The average Bonchev–Trinajstić information content (AvgIpc) is 3.34. The molecule has 0 rings (SSSR count). The number of unbranched alkanes of at least 4 members (excludes halogenated alkanes) is 42. The van der Waals surface area contributed by atoms with E-state index in [1.807, 2.05) is 0 Å². The Balaban J connectivity index is 3.35. The monoisotopic (exact) mass is 958 g/mol. The molecule has 2 unspecified atom stereocenters. The number of carbonyl (C=O) groups excluding carboxylic acids is 2. The molecule has 0 heterocycles. The van der Waals surface area contributed by atoms with Gasteiger partial charge < -0.3 is 20.3 Å². The maximum Gasteiger partial charge on any atom is 0.305 e. The van der Waals surface area contributed by atoms with Gasteiger partial charge in [-0.2, -0.15) is 0 Å². The molecule has 0 aromatic rings. The zero-order chi connectivity index (χ0) is 49.3. The molecule has 0 bridgehead atoms. The van der Waals surface area contributed by atoms with E-state index in [2.05, 4.69) is 43.5 Å². The lowest BCUT2D eigenvalue weighted by Crippen LogP contribution is -2.45. The number of amides is 1. The number of allylic oxidation sites excluding steroid dienone is 4. The van der Waals surface area contributed by atoms with E-state index in [-0.39, 0.29) is 18.5 Å². The molecule has 6 nitrogen and oxygen atoms in total. The number of esters is 1. The Labute approximate surface area is 424 Å². The lowest BCUT2D eigenvalue weighted by atomic mass is 10.0. The summed E-state index contributed by atoms with van der Waals surface area (Å²) in [4.78, 5) is 24.5. The van der Waals surface area contributed by atoms with Crippen LogP contribution in [0.4, 0.5) is 0 Å². The van der Waals surface area contributed by atoms with Crippen molar-refractivity contribution in [2.45, 2.75) is 347 Å². The van der Waals surface area contributed by atoms with Gasteiger partial charge in [-0.1, -0.05) is 289 Å². The molecule has 0 radical (unpaired) electrons. The van der Waals surface area contributed by atoms with Crippen LogP contribution >= 0.6 is 0 Å². The van der Waals surface area contributed by atoms with E-state index in [9.17, 15) is 19.8 Å². The molecule has 0 saturated carbocycles. The fraction of sp³-hybridized carbons (Fsp3) is 0.903. The summed E-state index contributed by atoms with van der Waals surface area (Å²) >= 11 is 0. The summed E-state index contributed by atoms with van der Waals surface area (Å²) in [6.07, 6.45) is 70.4. The highest BCUT2D eigenvalue weighted by Crippen LogP contribution is 2.18. The maximum atomic E-state index is 12.5. The van der Waals surface area contributed by atoms with Gasteiger partial charge in [0, 0.05) is 12.8 Å². The molecular weight excluding hydrogens is 839 g/mol. The van der Waals surface area contributed by atoms with Crippen LogP contribution in [-0.4, -0.2) is 47.4 Å². The van der Waals surface area contributed by atoms with Crippen LogP contribution in [0, 0.1) is 0 Å². The van der Waals surface area contributed by atoms with Crippen LogP contribution in [0.5, 0.6) is 0 Å². The highest BCUT2D eigenvalue weighted by Gasteiger charge is 2.20. The third kappa shape index (κ3) is 53.7. The molecule has 0 aromatic carbocycles. The quantitative estimate of drug-likeness (QED) is 0.0321. The van der Waals surface area contributed by atoms with Gasteiger partial charge in [0.25, 0.3) is 0 Å². The summed E-state index contributed by atoms with van der Waals surface area (Å²) in [7, 11) is 0. The van der Waals surface area contributed by atoms with Crippen LogP contribution < -0.4 is 5.32 Å². The van der Waals surface area contributed by atoms with Crippen molar-refractivity contribution in [3.8, 4) is 0 Å². The molecule has 0 saturated heterocycles. The van der Waals surface area contributed by atoms with Gasteiger partial charge in [0.15, 0.2) is 0 Å². The maximum absolute atomic E-state index is 12.5. The molecule has 0 aromatic heterocycles. The van der Waals surface area contributed by atoms with Gasteiger partial charge in [-0.3, -0.25) is 9.59 Å². The van der Waals surface area contributed by atoms with Gasteiger partial charge in [0.2, 0.25) is 5.91 Å². The smallest absolute Gasteiger partial charge is 0.305 e. The van der Waals surface area contributed by atoms with Crippen LogP contribution in [-0.2, 0) is 14.3 Å². The minimum absolute atomic E-state index is 0.00164. The predicted octanol–water partition coefficient (Wildman–Crippen LogP) is 19.0. The normalized spacial score (nSPS) is 12.7. The topological polar surface area (TPSA) is 95.9 Å². The first-order chi connectivity index (χ1) is 33.5. The number of aliphatic hydroxyl groups excluding tert-OH is 2. The van der Waals surface area contributed by atoms with Crippen LogP contribution in [0.3, 0.4) is 0 Å². The number of hydrogen-bond donors (Lipinski definition) is 3. The second kappa shape index (κ2) is 57.9. The Bertz CT molecular complexity index is 1060. The summed E-state index contributed by atoms with van der Waals surface area (Å²) in [6.45, 7) is 4.93. The highest BCUT2D eigenvalue weighted by molar-refractivity contribution is 5.76. The molecule has 402 valence electrons. The minimum Gasteiger partial charge on any atom is -0.466 e. The molecule has 68 heavy (non-hydrogen) atoms. The Morgan fingerprint density at radius 3 is 1.15 bits per heavy atom. The van der Waals surface area contributed by atoms with Crippen molar-refractivity contribution < 1.29 is 24.5 Å². The number of aliphatic hydroxyl groups is 2. The van der Waals surface area contributed by atoms with E-state index in [1.165, 1.54) is 250 Å². The van der Waals surface area contributed by atoms with Crippen molar-refractivity contribution in [1.29, 1.82) is 0 Å². The second-order valence-electron chi connectivity index (χ2n) is 21.0. The molecule has 0 fully saturated rings. The van der Waals surface area contributed by atoms with Gasteiger partial charge in [0.1, 0.15) is 0 Å². The third-order valence-corrected chi connectivity index (χ3v) is 14.3. The SMILES string of the molecule is CCCCC/C=C\C/C=C\CCCCCCCC(=O)OCCCCCCCCCCCCCCCCCCCCCCCCCCC(=O)NC(CO)C(O)CCCCCCCCCCCCCC. The summed E-state index contributed by atoms with van der Waals surface area (Å²) in [6, 6.07) is -0.539. The van der Waals surface area contributed by atoms with Gasteiger partial charge in [-0.05, 0) is 57.8 Å². The average molecular weight is 959 g/mol. The molecule has 3 N–H and O–H groups in total. The Morgan fingerprint density at radius 2 is 0.735 bits per heavy atom. The zero-order valence-electron chi connectivity index (χ0n) is 45.9. The molecule has 0 aliphatic rings. The largest absolute Gasteiger partial charge is 0.466 e. The molecule has 1 amide bonds. The van der Waals surface area contributed by atoms with Crippen molar-refractivity contribution >= 4 is 11.9 Å².